The molecule has 2 unspecified atom stereocenters. The van der Waals surface area contributed by atoms with E-state index in [1.54, 1.807) is 0 Å². The van der Waals surface area contributed by atoms with Gasteiger partial charge in [0.2, 0.25) is 0 Å². The molecule has 0 aromatic heterocycles. The normalized spacial score (nSPS) is 23.2. The molecular weight excluding hydrogens is 256 g/mol. The van der Waals surface area contributed by atoms with E-state index in [0.717, 1.165) is 25.0 Å². The minimum Gasteiger partial charge on any atom is -0.314 e. The maximum atomic E-state index is 3.73. The molecule has 0 radical (unpaired) electrons. The van der Waals surface area contributed by atoms with E-state index in [1.165, 1.54) is 49.8 Å². The van der Waals surface area contributed by atoms with Crippen LogP contribution in [0.25, 0.3) is 0 Å². The van der Waals surface area contributed by atoms with Crippen LogP contribution in [0, 0.1) is 12.8 Å². The lowest BCUT2D eigenvalue weighted by Gasteiger charge is -2.30. The molecule has 21 heavy (non-hydrogen) atoms. The van der Waals surface area contributed by atoms with Gasteiger partial charge in [-0.2, -0.15) is 0 Å². The number of aryl methyl sites for hydroxylation is 1. The average molecular weight is 288 g/mol. The minimum atomic E-state index is 0.720. The third kappa shape index (κ3) is 5.44. The summed E-state index contributed by atoms with van der Waals surface area (Å²) in [6, 6.07) is 9.63. The van der Waals surface area contributed by atoms with Gasteiger partial charge in [0.05, 0.1) is 0 Å². The number of benzene rings is 1. The Hall–Kier alpha value is -0.860. The van der Waals surface area contributed by atoms with Crippen LogP contribution in [0.1, 0.15) is 50.2 Å². The zero-order valence-corrected chi connectivity index (χ0v) is 14.1. The lowest BCUT2D eigenvalue weighted by Crippen LogP contribution is -2.40. The van der Waals surface area contributed by atoms with Crippen molar-refractivity contribution in [3.8, 4) is 0 Å². The molecule has 0 saturated heterocycles. The summed E-state index contributed by atoms with van der Waals surface area (Å²) in [5.74, 6) is 0.808. The predicted octanol–water partition coefficient (Wildman–Crippen LogP) is 3.99. The first kappa shape index (κ1) is 16.5. The molecule has 2 rings (SSSR count). The number of nitrogens with zero attached hydrogens (tertiary/aromatic N) is 1. The molecule has 2 heteroatoms. The molecule has 1 aliphatic carbocycles. The molecule has 0 amide bonds. The molecule has 0 aliphatic heterocycles. The van der Waals surface area contributed by atoms with Crippen molar-refractivity contribution in [3.63, 3.8) is 0 Å². The number of rotatable bonds is 6. The van der Waals surface area contributed by atoms with E-state index in [9.17, 15) is 0 Å². The van der Waals surface area contributed by atoms with E-state index in [0.29, 0.717) is 0 Å². The molecule has 1 aromatic carbocycles. The molecule has 0 heterocycles. The van der Waals surface area contributed by atoms with Crippen LogP contribution >= 0.6 is 0 Å². The highest BCUT2D eigenvalue weighted by Gasteiger charge is 2.23. The zero-order chi connectivity index (χ0) is 15.1. The van der Waals surface area contributed by atoms with Gasteiger partial charge in [0, 0.05) is 19.1 Å². The predicted molar refractivity (Wildman–Crippen MR) is 91.6 cm³/mol. The first-order valence-electron chi connectivity index (χ1n) is 8.66. The van der Waals surface area contributed by atoms with Crippen molar-refractivity contribution in [2.45, 2.75) is 58.5 Å². The summed E-state index contributed by atoms with van der Waals surface area (Å²) in [4.78, 5) is 2.51. The Balaban J connectivity index is 1.91. The van der Waals surface area contributed by atoms with Gasteiger partial charge >= 0.3 is 0 Å². The maximum absolute atomic E-state index is 3.73. The van der Waals surface area contributed by atoms with Gasteiger partial charge in [-0.15, -0.1) is 0 Å². The number of nitrogens with one attached hydrogen (secondary N) is 1. The van der Waals surface area contributed by atoms with Crippen LogP contribution in [0.4, 0.5) is 0 Å². The third-order valence-electron chi connectivity index (χ3n) is 4.71. The van der Waals surface area contributed by atoms with Gasteiger partial charge in [0.25, 0.3) is 0 Å². The summed E-state index contributed by atoms with van der Waals surface area (Å²) >= 11 is 0. The summed E-state index contributed by atoms with van der Waals surface area (Å²) in [7, 11) is 2.27. The van der Waals surface area contributed by atoms with Gasteiger partial charge < -0.3 is 10.2 Å². The van der Waals surface area contributed by atoms with Gasteiger partial charge in [-0.3, -0.25) is 0 Å². The average Bonchev–Trinajstić information content (AvgIpc) is 2.65. The van der Waals surface area contributed by atoms with Gasteiger partial charge in [0.1, 0.15) is 0 Å². The molecule has 1 aromatic rings. The number of hydrogen-bond donors (Lipinski definition) is 1. The molecule has 0 bridgehead atoms. The van der Waals surface area contributed by atoms with Crippen molar-refractivity contribution >= 4 is 0 Å². The van der Waals surface area contributed by atoms with E-state index in [-0.39, 0.29) is 0 Å². The molecule has 1 saturated carbocycles. The summed E-state index contributed by atoms with van der Waals surface area (Å²) in [5, 5.41) is 3.73. The largest absolute Gasteiger partial charge is 0.314 e. The lowest BCUT2D eigenvalue weighted by molar-refractivity contribution is 0.220. The quantitative estimate of drug-likeness (QED) is 0.796. The van der Waals surface area contributed by atoms with Crippen LogP contribution in [0.2, 0.25) is 0 Å². The van der Waals surface area contributed by atoms with Crippen LogP contribution < -0.4 is 5.32 Å². The Morgan fingerprint density at radius 1 is 1.19 bits per heavy atom. The van der Waals surface area contributed by atoms with Gasteiger partial charge in [0.15, 0.2) is 0 Å². The highest BCUT2D eigenvalue weighted by atomic mass is 15.1. The molecule has 1 aliphatic rings. The fraction of sp³-hybridized carbons (Fsp3) is 0.684. The number of hydrogen-bond acceptors (Lipinski definition) is 2. The third-order valence-corrected chi connectivity index (χ3v) is 4.71. The van der Waals surface area contributed by atoms with Gasteiger partial charge in [-0.1, -0.05) is 56.0 Å². The Kier molecular flexibility index (Phi) is 6.72. The molecule has 2 nitrogen and oxygen atoms in total. The van der Waals surface area contributed by atoms with Crippen LogP contribution in [0.5, 0.6) is 0 Å². The van der Waals surface area contributed by atoms with E-state index in [2.05, 4.69) is 55.4 Å². The van der Waals surface area contributed by atoms with Crippen LogP contribution in [-0.2, 0) is 6.54 Å². The summed E-state index contributed by atoms with van der Waals surface area (Å²) in [6.45, 7) is 7.79. The zero-order valence-electron chi connectivity index (χ0n) is 14.1. The Morgan fingerprint density at radius 2 is 2.00 bits per heavy atom. The molecule has 1 fully saturated rings. The van der Waals surface area contributed by atoms with Crippen molar-refractivity contribution in [3.05, 3.63) is 35.4 Å². The maximum Gasteiger partial charge on any atom is 0.0230 e. The molecule has 1 N–H and O–H groups in total. The standard InChI is InChI=1S/C19H32N2/c1-4-20-19-12-7-5-6-11-18(19)15-21(3)14-17-10-8-9-16(2)13-17/h8-10,13,18-20H,4-7,11-12,14-15H2,1-3H3. The minimum absolute atomic E-state index is 0.720. The van der Waals surface area contributed by atoms with E-state index in [4.69, 9.17) is 0 Å². The van der Waals surface area contributed by atoms with Gasteiger partial charge in [-0.25, -0.2) is 0 Å². The second-order valence-corrected chi connectivity index (χ2v) is 6.75. The fourth-order valence-corrected chi connectivity index (χ4v) is 3.72. The first-order valence-corrected chi connectivity index (χ1v) is 8.66. The van der Waals surface area contributed by atoms with Crippen LogP contribution in [-0.4, -0.2) is 31.1 Å². The second-order valence-electron chi connectivity index (χ2n) is 6.75. The smallest absolute Gasteiger partial charge is 0.0230 e. The van der Waals surface area contributed by atoms with Crippen molar-refractivity contribution in [1.82, 2.24) is 10.2 Å². The molecular formula is C19H32N2. The van der Waals surface area contributed by atoms with Crippen molar-refractivity contribution in [2.75, 3.05) is 20.1 Å². The monoisotopic (exact) mass is 288 g/mol. The molecule has 0 spiro atoms. The fourth-order valence-electron chi connectivity index (χ4n) is 3.72. The van der Waals surface area contributed by atoms with Crippen LogP contribution in [0.15, 0.2) is 24.3 Å². The van der Waals surface area contributed by atoms with Gasteiger partial charge in [-0.05, 0) is 44.8 Å². The van der Waals surface area contributed by atoms with Crippen LogP contribution in [0.3, 0.4) is 0 Å². The van der Waals surface area contributed by atoms with Crippen molar-refractivity contribution in [1.29, 1.82) is 0 Å². The van der Waals surface area contributed by atoms with E-state index in [1.807, 2.05) is 0 Å². The molecule has 118 valence electrons. The van der Waals surface area contributed by atoms with E-state index < -0.39 is 0 Å². The van der Waals surface area contributed by atoms with E-state index >= 15 is 0 Å². The Morgan fingerprint density at radius 3 is 2.76 bits per heavy atom. The highest BCUT2D eigenvalue weighted by Crippen LogP contribution is 2.24. The highest BCUT2D eigenvalue weighted by molar-refractivity contribution is 5.22. The SMILES string of the molecule is CCNC1CCCCCC1CN(C)Cc1cccc(C)c1. The molecule has 2 atom stereocenters. The summed E-state index contributed by atoms with van der Waals surface area (Å²) in [5.41, 5.74) is 2.80. The van der Waals surface area contributed by atoms with Crippen molar-refractivity contribution < 1.29 is 0 Å². The second kappa shape index (κ2) is 8.55. The topological polar surface area (TPSA) is 15.3 Å². The van der Waals surface area contributed by atoms with Crippen molar-refractivity contribution in [2.24, 2.45) is 5.92 Å². The first-order chi connectivity index (χ1) is 10.2. The summed E-state index contributed by atoms with van der Waals surface area (Å²) in [6.07, 6.45) is 6.97. The lowest BCUT2D eigenvalue weighted by atomic mass is 9.94. The Labute approximate surface area is 130 Å². The summed E-state index contributed by atoms with van der Waals surface area (Å²) < 4.78 is 0. The Bertz CT molecular complexity index is 416.